The SMILES string of the molecule is CCC(CC(=O)OC)=Nc1cc(Cl)cc(Cl)c1. The first-order valence-electron chi connectivity index (χ1n) is 5.14. The molecule has 0 spiro atoms. The molecule has 0 aliphatic rings. The highest BCUT2D eigenvalue weighted by molar-refractivity contribution is 6.35. The van der Waals surface area contributed by atoms with Gasteiger partial charge in [0.05, 0.1) is 19.2 Å². The molecule has 17 heavy (non-hydrogen) atoms. The lowest BCUT2D eigenvalue weighted by atomic mass is 10.2. The molecule has 0 aliphatic carbocycles. The molecule has 1 aromatic carbocycles. The van der Waals surface area contributed by atoms with Crippen molar-refractivity contribution in [2.24, 2.45) is 4.99 Å². The zero-order chi connectivity index (χ0) is 12.8. The van der Waals surface area contributed by atoms with E-state index >= 15 is 0 Å². The summed E-state index contributed by atoms with van der Waals surface area (Å²) in [4.78, 5) is 15.5. The predicted octanol–water partition coefficient (Wildman–Crippen LogP) is 4.04. The molecule has 0 amide bonds. The molecule has 92 valence electrons. The monoisotopic (exact) mass is 273 g/mol. The maximum absolute atomic E-state index is 11.2. The van der Waals surface area contributed by atoms with Crippen LogP contribution in [0.25, 0.3) is 0 Å². The van der Waals surface area contributed by atoms with E-state index in [0.717, 1.165) is 5.71 Å². The summed E-state index contributed by atoms with van der Waals surface area (Å²) >= 11 is 11.7. The number of nitrogens with zero attached hydrogens (tertiary/aromatic N) is 1. The van der Waals surface area contributed by atoms with Crippen molar-refractivity contribution >= 4 is 40.6 Å². The van der Waals surface area contributed by atoms with Gasteiger partial charge >= 0.3 is 5.97 Å². The van der Waals surface area contributed by atoms with Gasteiger partial charge in [0, 0.05) is 15.8 Å². The van der Waals surface area contributed by atoms with Crippen LogP contribution in [0.5, 0.6) is 0 Å². The summed E-state index contributed by atoms with van der Waals surface area (Å²) in [5, 5.41) is 1.04. The Morgan fingerprint density at radius 2 is 1.88 bits per heavy atom. The Balaban J connectivity index is 2.93. The molecule has 0 saturated heterocycles. The third-order valence-electron chi connectivity index (χ3n) is 2.12. The van der Waals surface area contributed by atoms with Crippen LogP contribution in [0.3, 0.4) is 0 Å². The fourth-order valence-electron chi connectivity index (χ4n) is 1.27. The molecule has 0 bridgehead atoms. The Hall–Kier alpha value is -1.06. The molecular weight excluding hydrogens is 261 g/mol. The highest BCUT2D eigenvalue weighted by Crippen LogP contribution is 2.25. The van der Waals surface area contributed by atoms with E-state index in [2.05, 4.69) is 9.73 Å². The minimum absolute atomic E-state index is 0.178. The van der Waals surface area contributed by atoms with Crippen molar-refractivity contribution in [1.82, 2.24) is 0 Å². The Morgan fingerprint density at radius 3 is 2.35 bits per heavy atom. The Bertz CT molecular complexity index is 424. The maximum Gasteiger partial charge on any atom is 0.311 e. The zero-order valence-electron chi connectivity index (χ0n) is 9.67. The minimum Gasteiger partial charge on any atom is -0.469 e. The Morgan fingerprint density at radius 1 is 1.29 bits per heavy atom. The van der Waals surface area contributed by atoms with Gasteiger partial charge in [0.25, 0.3) is 0 Å². The summed E-state index contributed by atoms with van der Waals surface area (Å²) < 4.78 is 4.60. The van der Waals surface area contributed by atoms with Crippen molar-refractivity contribution in [3.05, 3.63) is 28.2 Å². The first-order chi connectivity index (χ1) is 8.05. The standard InChI is InChI=1S/C12H13Cl2NO2/c1-3-10(7-12(16)17-2)15-11-5-8(13)4-9(14)6-11/h4-6H,3,7H2,1-2H3. The molecule has 0 N–H and O–H groups in total. The van der Waals surface area contributed by atoms with Crippen LogP contribution >= 0.6 is 23.2 Å². The lowest BCUT2D eigenvalue weighted by Gasteiger charge is -2.03. The van der Waals surface area contributed by atoms with E-state index in [1.807, 2.05) is 6.92 Å². The molecule has 3 nitrogen and oxygen atoms in total. The van der Waals surface area contributed by atoms with Crippen LogP contribution in [0.4, 0.5) is 5.69 Å². The van der Waals surface area contributed by atoms with Crippen LogP contribution < -0.4 is 0 Å². The summed E-state index contributed by atoms with van der Waals surface area (Å²) in [7, 11) is 1.35. The predicted molar refractivity (Wildman–Crippen MR) is 70.5 cm³/mol. The van der Waals surface area contributed by atoms with Gasteiger partial charge in [-0.2, -0.15) is 0 Å². The second kappa shape index (κ2) is 6.62. The summed E-state index contributed by atoms with van der Waals surface area (Å²) in [5.74, 6) is -0.307. The summed E-state index contributed by atoms with van der Waals surface area (Å²) in [6.07, 6.45) is 0.844. The van der Waals surface area contributed by atoms with Crippen molar-refractivity contribution < 1.29 is 9.53 Å². The summed E-state index contributed by atoms with van der Waals surface area (Å²) in [6, 6.07) is 5.02. The van der Waals surface area contributed by atoms with Crippen molar-refractivity contribution in [1.29, 1.82) is 0 Å². The van der Waals surface area contributed by atoms with Gasteiger partial charge in [-0.25, -0.2) is 0 Å². The van der Waals surface area contributed by atoms with E-state index < -0.39 is 0 Å². The second-order valence-corrected chi connectivity index (χ2v) is 4.29. The van der Waals surface area contributed by atoms with E-state index in [0.29, 0.717) is 22.2 Å². The summed E-state index contributed by atoms with van der Waals surface area (Å²) in [6.45, 7) is 1.92. The molecule has 0 fully saturated rings. The van der Waals surface area contributed by atoms with Crippen molar-refractivity contribution in [2.45, 2.75) is 19.8 Å². The fourth-order valence-corrected chi connectivity index (χ4v) is 1.78. The minimum atomic E-state index is -0.307. The van der Waals surface area contributed by atoms with Crippen molar-refractivity contribution in [3.8, 4) is 0 Å². The normalized spacial score (nSPS) is 11.4. The third kappa shape index (κ3) is 4.75. The summed E-state index contributed by atoms with van der Waals surface area (Å²) in [5.41, 5.74) is 1.37. The van der Waals surface area contributed by atoms with Crippen LogP contribution in [0.1, 0.15) is 19.8 Å². The van der Waals surface area contributed by atoms with Crippen molar-refractivity contribution in [2.75, 3.05) is 7.11 Å². The van der Waals surface area contributed by atoms with Gasteiger partial charge in [-0.1, -0.05) is 30.1 Å². The highest BCUT2D eigenvalue weighted by atomic mass is 35.5. The largest absolute Gasteiger partial charge is 0.469 e. The number of hydrogen-bond acceptors (Lipinski definition) is 3. The van der Waals surface area contributed by atoms with Crippen LogP contribution in [0.2, 0.25) is 10.0 Å². The number of rotatable bonds is 4. The molecule has 0 radical (unpaired) electrons. The number of halogens is 2. The molecule has 1 aromatic rings. The topological polar surface area (TPSA) is 38.7 Å². The highest BCUT2D eigenvalue weighted by Gasteiger charge is 2.06. The first-order valence-corrected chi connectivity index (χ1v) is 5.90. The van der Waals surface area contributed by atoms with Gasteiger partial charge in [-0.05, 0) is 24.6 Å². The Labute approximate surface area is 110 Å². The van der Waals surface area contributed by atoms with Crippen LogP contribution in [0.15, 0.2) is 23.2 Å². The lowest BCUT2D eigenvalue weighted by molar-refractivity contribution is -0.139. The average Bonchev–Trinajstić information content (AvgIpc) is 2.26. The van der Waals surface area contributed by atoms with E-state index in [9.17, 15) is 4.79 Å². The molecule has 0 aromatic heterocycles. The first kappa shape index (κ1) is 14.0. The molecule has 1 rings (SSSR count). The number of carbonyl (C=O) groups is 1. The fraction of sp³-hybridized carbons (Fsp3) is 0.333. The van der Waals surface area contributed by atoms with Crippen LogP contribution in [-0.4, -0.2) is 18.8 Å². The van der Waals surface area contributed by atoms with Crippen molar-refractivity contribution in [3.63, 3.8) is 0 Å². The molecule has 0 heterocycles. The van der Waals surface area contributed by atoms with Gasteiger partial charge in [-0.3, -0.25) is 9.79 Å². The molecule has 0 atom stereocenters. The lowest BCUT2D eigenvalue weighted by Crippen LogP contribution is -2.08. The van der Waals surface area contributed by atoms with Crippen LogP contribution in [0, 0.1) is 0 Å². The number of methoxy groups -OCH3 is 1. The van der Waals surface area contributed by atoms with Gasteiger partial charge in [0.2, 0.25) is 0 Å². The van der Waals surface area contributed by atoms with E-state index in [1.165, 1.54) is 7.11 Å². The number of aliphatic imine (C=N–C) groups is 1. The van der Waals surface area contributed by atoms with Crippen LogP contribution in [-0.2, 0) is 9.53 Å². The quantitative estimate of drug-likeness (QED) is 0.614. The molecular formula is C12H13Cl2NO2. The zero-order valence-corrected chi connectivity index (χ0v) is 11.2. The number of hydrogen-bond donors (Lipinski definition) is 0. The average molecular weight is 274 g/mol. The smallest absolute Gasteiger partial charge is 0.311 e. The van der Waals surface area contributed by atoms with E-state index in [-0.39, 0.29) is 12.4 Å². The van der Waals surface area contributed by atoms with E-state index in [4.69, 9.17) is 23.2 Å². The van der Waals surface area contributed by atoms with E-state index in [1.54, 1.807) is 18.2 Å². The number of esters is 1. The van der Waals surface area contributed by atoms with Gasteiger partial charge in [-0.15, -0.1) is 0 Å². The molecule has 0 aliphatic heterocycles. The molecule has 0 unspecified atom stereocenters. The third-order valence-corrected chi connectivity index (χ3v) is 2.56. The van der Waals surface area contributed by atoms with Gasteiger partial charge in [0.1, 0.15) is 0 Å². The molecule has 5 heteroatoms. The maximum atomic E-state index is 11.2. The second-order valence-electron chi connectivity index (χ2n) is 3.41. The number of benzene rings is 1. The van der Waals surface area contributed by atoms with Gasteiger partial charge in [0.15, 0.2) is 0 Å². The number of carbonyl (C=O) groups excluding carboxylic acids is 1. The van der Waals surface area contributed by atoms with Gasteiger partial charge < -0.3 is 4.74 Å². The number of ether oxygens (including phenoxy) is 1. The molecule has 0 saturated carbocycles. The Kier molecular flexibility index (Phi) is 5.45.